The van der Waals surface area contributed by atoms with Gasteiger partial charge >= 0.3 is 12.1 Å². The summed E-state index contributed by atoms with van der Waals surface area (Å²) < 4.78 is 17.2. The standard InChI is InChI=1S/C21H23NO5S/c1-14(28)12-27-21(24)22-18-11-17(26-13-15-6-4-3-5-7-15)9-8-16(18)10-19(22)20(23)25-2/h4,6-11,14,28H,3,5,12-13H2,1-2H3. The molecule has 1 aromatic carbocycles. The predicted octanol–water partition coefficient (Wildman–Crippen LogP) is 4.39. The van der Waals surface area contributed by atoms with Gasteiger partial charge in [-0.2, -0.15) is 12.6 Å². The summed E-state index contributed by atoms with van der Waals surface area (Å²) >= 11 is 4.21. The Morgan fingerprint density at radius 3 is 2.75 bits per heavy atom. The van der Waals surface area contributed by atoms with Crippen LogP contribution in [0.2, 0.25) is 0 Å². The fraction of sp³-hybridized carbons (Fsp3) is 0.333. The van der Waals surface area contributed by atoms with E-state index in [-0.39, 0.29) is 17.6 Å². The summed E-state index contributed by atoms with van der Waals surface area (Å²) in [6, 6.07) is 6.93. The SMILES string of the molecule is COC(=O)c1cc2ccc(OCC3=CCCC=C3)cc2n1C(=O)OCC(C)S. The number of nitrogens with zero attached hydrogens (tertiary/aromatic N) is 1. The molecule has 28 heavy (non-hydrogen) atoms. The molecule has 1 heterocycles. The topological polar surface area (TPSA) is 66.8 Å². The van der Waals surface area contributed by atoms with Gasteiger partial charge in [0, 0.05) is 16.7 Å². The molecule has 0 N–H and O–H groups in total. The van der Waals surface area contributed by atoms with Gasteiger partial charge in [0.15, 0.2) is 0 Å². The minimum Gasteiger partial charge on any atom is -0.489 e. The van der Waals surface area contributed by atoms with Crippen molar-refractivity contribution >= 4 is 35.6 Å². The minimum atomic E-state index is -0.661. The van der Waals surface area contributed by atoms with Crippen molar-refractivity contribution in [3.63, 3.8) is 0 Å². The van der Waals surface area contributed by atoms with Crippen molar-refractivity contribution in [2.45, 2.75) is 25.0 Å². The van der Waals surface area contributed by atoms with E-state index in [1.807, 2.05) is 13.0 Å². The first kappa shape index (κ1) is 20.1. The maximum Gasteiger partial charge on any atom is 0.419 e. The van der Waals surface area contributed by atoms with Gasteiger partial charge in [0.25, 0.3) is 0 Å². The van der Waals surface area contributed by atoms with Crippen molar-refractivity contribution in [2.75, 3.05) is 20.3 Å². The monoisotopic (exact) mass is 401 g/mol. The molecule has 1 aromatic heterocycles. The number of hydrogen-bond acceptors (Lipinski definition) is 6. The largest absolute Gasteiger partial charge is 0.489 e. The van der Waals surface area contributed by atoms with Crippen molar-refractivity contribution in [1.29, 1.82) is 0 Å². The van der Waals surface area contributed by atoms with E-state index in [0.717, 1.165) is 18.4 Å². The molecule has 1 aliphatic rings. The smallest absolute Gasteiger partial charge is 0.419 e. The van der Waals surface area contributed by atoms with Gasteiger partial charge in [0.05, 0.1) is 12.6 Å². The van der Waals surface area contributed by atoms with E-state index in [9.17, 15) is 9.59 Å². The van der Waals surface area contributed by atoms with Gasteiger partial charge in [0.1, 0.15) is 24.7 Å². The highest BCUT2D eigenvalue weighted by molar-refractivity contribution is 7.80. The van der Waals surface area contributed by atoms with E-state index in [1.54, 1.807) is 18.2 Å². The molecular weight excluding hydrogens is 378 g/mol. The Morgan fingerprint density at radius 1 is 1.25 bits per heavy atom. The quantitative estimate of drug-likeness (QED) is 0.575. The number of aromatic nitrogens is 1. The molecule has 0 radical (unpaired) electrons. The summed E-state index contributed by atoms with van der Waals surface area (Å²) in [5.41, 5.74) is 1.73. The Kier molecular flexibility index (Phi) is 6.46. The summed E-state index contributed by atoms with van der Waals surface area (Å²) in [6.45, 7) is 2.37. The number of esters is 1. The molecule has 2 aromatic rings. The Bertz CT molecular complexity index is 942. The molecule has 3 rings (SSSR count). The highest BCUT2D eigenvalue weighted by Crippen LogP contribution is 2.26. The Labute approximate surface area is 169 Å². The molecule has 0 aliphatic heterocycles. The normalized spacial score (nSPS) is 14.5. The van der Waals surface area contributed by atoms with E-state index in [4.69, 9.17) is 14.2 Å². The lowest BCUT2D eigenvalue weighted by molar-refractivity contribution is 0.0586. The van der Waals surface area contributed by atoms with Crippen LogP contribution in [0.25, 0.3) is 10.9 Å². The first-order chi connectivity index (χ1) is 13.5. The third-order valence-electron chi connectivity index (χ3n) is 4.28. The Hall–Kier alpha value is -2.67. The Morgan fingerprint density at radius 2 is 2.07 bits per heavy atom. The van der Waals surface area contributed by atoms with Gasteiger partial charge in [0.2, 0.25) is 0 Å². The van der Waals surface area contributed by atoms with Crippen molar-refractivity contribution < 1.29 is 23.8 Å². The number of fused-ring (bicyclic) bond motifs is 1. The lowest BCUT2D eigenvalue weighted by Crippen LogP contribution is -2.21. The summed E-state index contributed by atoms with van der Waals surface area (Å²) in [4.78, 5) is 24.8. The summed E-state index contributed by atoms with van der Waals surface area (Å²) in [5, 5.41) is 0.587. The maximum absolute atomic E-state index is 12.6. The zero-order valence-electron chi connectivity index (χ0n) is 15.9. The lowest BCUT2D eigenvalue weighted by Gasteiger charge is -2.12. The molecule has 1 aliphatic carbocycles. The first-order valence-electron chi connectivity index (χ1n) is 9.07. The van der Waals surface area contributed by atoms with E-state index in [0.29, 0.717) is 23.3 Å². The minimum absolute atomic E-state index is 0.101. The van der Waals surface area contributed by atoms with Gasteiger partial charge in [-0.25, -0.2) is 14.2 Å². The van der Waals surface area contributed by atoms with Crippen LogP contribution in [0.15, 0.2) is 48.1 Å². The second kappa shape index (κ2) is 9.01. The van der Waals surface area contributed by atoms with Crippen LogP contribution in [0, 0.1) is 0 Å². The second-order valence-electron chi connectivity index (χ2n) is 6.55. The highest BCUT2D eigenvalue weighted by Gasteiger charge is 2.22. The van der Waals surface area contributed by atoms with E-state index >= 15 is 0 Å². The molecule has 1 unspecified atom stereocenters. The number of benzene rings is 1. The number of allylic oxidation sites excluding steroid dienone is 2. The number of carbonyl (C=O) groups excluding carboxylic acids is 2. The molecule has 6 nitrogen and oxygen atoms in total. The van der Waals surface area contributed by atoms with Crippen LogP contribution in [0.5, 0.6) is 5.75 Å². The van der Waals surface area contributed by atoms with Crippen LogP contribution in [-0.2, 0) is 9.47 Å². The van der Waals surface area contributed by atoms with Crippen LogP contribution in [0.1, 0.15) is 30.3 Å². The number of methoxy groups -OCH3 is 1. The van der Waals surface area contributed by atoms with Gasteiger partial charge in [-0.3, -0.25) is 0 Å². The van der Waals surface area contributed by atoms with Crippen LogP contribution in [0.4, 0.5) is 4.79 Å². The summed E-state index contributed by atoms with van der Waals surface area (Å²) in [7, 11) is 1.27. The van der Waals surface area contributed by atoms with Crippen molar-refractivity contribution in [2.24, 2.45) is 0 Å². The molecular formula is C21H23NO5S. The van der Waals surface area contributed by atoms with Crippen LogP contribution < -0.4 is 4.74 Å². The van der Waals surface area contributed by atoms with E-state index in [1.165, 1.54) is 11.7 Å². The molecule has 7 heteroatoms. The zero-order valence-corrected chi connectivity index (χ0v) is 16.8. The van der Waals surface area contributed by atoms with E-state index < -0.39 is 12.1 Å². The fourth-order valence-electron chi connectivity index (χ4n) is 2.92. The van der Waals surface area contributed by atoms with Gasteiger partial charge in [-0.15, -0.1) is 0 Å². The van der Waals surface area contributed by atoms with Gasteiger partial charge in [-0.05, 0) is 36.6 Å². The molecule has 0 spiro atoms. The van der Waals surface area contributed by atoms with Crippen molar-refractivity contribution in [1.82, 2.24) is 4.57 Å². The van der Waals surface area contributed by atoms with Gasteiger partial charge < -0.3 is 14.2 Å². The van der Waals surface area contributed by atoms with Crippen molar-refractivity contribution in [3.8, 4) is 5.75 Å². The second-order valence-corrected chi connectivity index (χ2v) is 7.43. The number of carbonyl (C=O) groups is 2. The predicted molar refractivity (Wildman–Crippen MR) is 110 cm³/mol. The van der Waals surface area contributed by atoms with Gasteiger partial charge in [-0.1, -0.05) is 25.2 Å². The molecule has 0 saturated heterocycles. The Balaban J connectivity index is 1.92. The molecule has 0 bridgehead atoms. The highest BCUT2D eigenvalue weighted by atomic mass is 32.1. The average molecular weight is 401 g/mol. The number of hydrogen-bond donors (Lipinski definition) is 1. The van der Waals surface area contributed by atoms with Crippen molar-refractivity contribution in [3.05, 3.63) is 53.8 Å². The number of ether oxygens (including phenoxy) is 3. The lowest BCUT2D eigenvalue weighted by atomic mass is 10.1. The average Bonchev–Trinajstić information content (AvgIpc) is 3.09. The molecule has 0 fully saturated rings. The van der Waals surface area contributed by atoms with Crippen LogP contribution >= 0.6 is 12.6 Å². The molecule has 1 atom stereocenters. The summed E-state index contributed by atoms with van der Waals surface area (Å²) in [6.07, 6.45) is 7.71. The van der Waals surface area contributed by atoms with Crippen LogP contribution in [-0.4, -0.2) is 42.2 Å². The molecule has 148 valence electrons. The first-order valence-corrected chi connectivity index (χ1v) is 9.58. The fourth-order valence-corrected chi connectivity index (χ4v) is 2.99. The summed E-state index contributed by atoms with van der Waals surface area (Å²) in [5.74, 6) is -0.0226. The number of rotatable bonds is 6. The third-order valence-corrected chi connectivity index (χ3v) is 4.43. The molecule has 0 amide bonds. The van der Waals surface area contributed by atoms with Crippen LogP contribution in [0.3, 0.4) is 0 Å². The zero-order chi connectivity index (χ0) is 20.1. The number of thiol groups is 1. The van der Waals surface area contributed by atoms with E-state index in [2.05, 4.69) is 30.9 Å². The maximum atomic E-state index is 12.6. The third kappa shape index (κ3) is 4.59. The molecule has 0 saturated carbocycles.